The fourth-order valence-electron chi connectivity index (χ4n) is 3.16. The third kappa shape index (κ3) is 5.32. The SMILES string of the molecule is CCc1cccc2sc(N(CCN(CC)CC)C(=O)Cc3cccs3)nc12.Cl. The van der Waals surface area contributed by atoms with Gasteiger partial charge in [0, 0.05) is 18.0 Å². The fourth-order valence-corrected chi connectivity index (χ4v) is 4.91. The molecule has 7 heteroatoms. The van der Waals surface area contributed by atoms with E-state index >= 15 is 0 Å². The van der Waals surface area contributed by atoms with Crippen LogP contribution in [0.2, 0.25) is 0 Å². The van der Waals surface area contributed by atoms with Crippen molar-refractivity contribution in [3.63, 3.8) is 0 Å². The maximum absolute atomic E-state index is 13.1. The molecule has 28 heavy (non-hydrogen) atoms. The van der Waals surface area contributed by atoms with Gasteiger partial charge in [-0.05, 0) is 42.6 Å². The van der Waals surface area contributed by atoms with Gasteiger partial charge in [0.25, 0.3) is 0 Å². The zero-order chi connectivity index (χ0) is 19.2. The van der Waals surface area contributed by atoms with E-state index in [-0.39, 0.29) is 18.3 Å². The lowest BCUT2D eigenvalue weighted by atomic mass is 10.1. The molecule has 2 aromatic heterocycles. The van der Waals surface area contributed by atoms with Crippen molar-refractivity contribution in [1.82, 2.24) is 9.88 Å². The number of amides is 1. The second-order valence-corrected chi connectivity index (χ2v) is 8.48. The van der Waals surface area contributed by atoms with Crippen molar-refractivity contribution in [2.45, 2.75) is 33.6 Å². The average Bonchev–Trinajstić information content (AvgIpc) is 3.34. The van der Waals surface area contributed by atoms with Gasteiger partial charge in [0.15, 0.2) is 5.13 Å². The van der Waals surface area contributed by atoms with Crippen LogP contribution >= 0.6 is 35.1 Å². The molecular formula is C21H28ClN3OS2. The van der Waals surface area contributed by atoms with Gasteiger partial charge in [0.05, 0.1) is 16.6 Å². The van der Waals surface area contributed by atoms with E-state index < -0.39 is 0 Å². The van der Waals surface area contributed by atoms with Crippen LogP contribution in [0.1, 0.15) is 31.2 Å². The van der Waals surface area contributed by atoms with Crippen molar-refractivity contribution in [3.05, 3.63) is 46.2 Å². The number of thiophene rings is 1. The van der Waals surface area contributed by atoms with Gasteiger partial charge in [-0.2, -0.15) is 0 Å². The normalized spacial score (nSPS) is 11.0. The van der Waals surface area contributed by atoms with Crippen LogP contribution in [0, 0.1) is 0 Å². The number of benzene rings is 1. The Morgan fingerprint density at radius 3 is 2.50 bits per heavy atom. The Hall–Kier alpha value is -1.47. The first kappa shape index (κ1) is 22.8. The molecule has 0 aliphatic rings. The van der Waals surface area contributed by atoms with Crippen molar-refractivity contribution >= 4 is 56.3 Å². The molecule has 152 valence electrons. The highest BCUT2D eigenvalue weighted by Crippen LogP contribution is 2.31. The molecule has 0 atom stereocenters. The monoisotopic (exact) mass is 437 g/mol. The first-order valence-electron chi connectivity index (χ1n) is 9.59. The molecule has 4 nitrogen and oxygen atoms in total. The van der Waals surface area contributed by atoms with Crippen LogP contribution in [0.25, 0.3) is 10.2 Å². The molecule has 0 N–H and O–H groups in total. The first-order chi connectivity index (χ1) is 13.2. The molecule has 3 rings (SSSR count). The number of fused-ring (bicyclic) bond motifs is 1. The van der Waals surface area contributed by atoms with E-state index in [1.165, 1.54) is 5.56 Å². The molecule has 0 spiro atoms. The Bertz CT molecular complexity index is 875. The summed E-state index contributed by atoms with van der Waals surface area (Å²) < 4.78 is 1.15. The number of carbonyl (C=O) groups is 1. The summed E-state index contributed by atoms with van der Waals surface area (Å²) in [6.07, 6.45) is 1.38. The Kier molecular flexibility index (Phi) is 8.89. The van der Waals surface area contributed by atoms with Gasteiger partial charge in [0.1, 0.15) is 0 Å². The van der Waals surface area contributed by atoms with Gasteiger partial charge in [0.2, 0.25) is 5.91 Å². The number of halogens is 1. The van der Waals surface area contributed by atoms with Gasteiger partial charge >= 0.3 is 0 Å². The summed E-state index contributed by atoms with van der Waals surface area (Å²) in [6.45, 7) is 9.98. The topological polar surface area (TPSA) is 36.4 Å². The molecule has 0 aliphatic carbocycles. The second-order valence-electron chi connectivity index (χ2n) is 6.44. The van der Waals surface area contributed by atoms with Crippen LogP contribution in [-0.4, -0.2) is 42.0 Å². The quantitative estimate of drug-likeness (QED) is 0.458. The van der Waals surface area contributed by atoms with Gasteiger partial charge in [-0.1, -0.05) is 50.3 Å². The molecule has 2 heterocycles. The summed E-state index contributed by atoms with van der Waals surface area (Å²) in [5, 5.41) is 2.84. The lowest BCUT2D eigenvalue weighted by molar-refractivity contribution is -0.118. The van der Waals surface area contributed by atoms with Gasteiger partial charge in [-0.25, -0.2) is 4.98 Å². The molecule has 0 bridgehead atoms. The van der Waals surface area contributed by atoms with E-state index in [0.717, 1.165) is 46.3 Å². The molecule has 0 aliphatic heterocycles. The second kappa shape index (κ2) is 10.9. The number of aryl methyl sites for hydroxylation is 1. The zero-order valence-corrected chi connectivity index (χ0v) is 19.1. The average molecular weight is 438 g/mol. The summed E-state index contributed by atoms with van der Waals surface area (Å²) in [5.74, 6) is 0.127. The van der Waals surface area contributed by atoms with E-state index in [4.69, 9.17) is 4.98 Å². The van der Waals surface area contributed by atoms with Crippen molar-refractivity contribution in [2.75, 3.05) is 31.1 Å². The lowest BCUT2D eigenvalue weighted by Crippen LogP contribution is -2.39. The largest absolute Gasteiger partial charge is 0.302 e. The first-order valence-corrected chi connectivity index (χ1v) is 11.3. The van der Waals surface area contributed by atoms with Gasteiger partial charge in [-0.15, -0.1) is 23.7 Å². The summed E-state index contributed by atoms with van der Waals surface area (Å²) in [4.78, 5) is 23.3. The smallest absolute Gasteiger partial charge is 0.234 e. The number of para-hydroxylation sites is 1. The number of hydrogen-bond acceptors (Lipinski definition) is 5. The Labute approximate surface area is 181 Å². The zero-order valence-electron chi connectivity index (χ0n) is 16.7. The standard InChI is InChI=1S/C21H27N3OS2.ClH/c1-4-16-9-7-11-18-20(16)22-21(27-18)24(13-12-23(5-2)6-3)19(25)15-17-10-8-14-26-17;/h7-11,14H,4-6,12-13,15H2,1-3H3;1H. The van der Waals surface area contributed by atoms with Crippen LogP contribution < -0.4 is 4.90 Å². The number of carbonyl (C=O) groups excluding carboxylic acids is 1. The highest BCUT2D eigenvalue weighted by atomic mass is 35.5. The van der Waals surface area contributed by atoms with E-state index in [0.29, 0.717) is 13.0 Å². The molecule has 0 saturated carbocycles. The molecule has 0 unspecified atom stereocenters. The summed E-state index contributed by atoms with van der Waals surface area (Å²) >= 11 is 3.26. The van der Waals surface area contributed by atoms with Crippen LogP contribution in [0.5, 0.6) is 0 Å². The molecule has 0 saturated heterocycles. The minimum Gasteiger partial charge on any atom is -0.302 e. The van der Waals surface area contributed by atoms with Crippen molar-refractivity contribution in [1.29, 1.82) is 0 Å². The van der Waals surface area contributed by atoms with E-state index in [9.17, 15) is 4.79 Å². The molecule has 0 fully saturated rings. The Morgan fingerprint density at radius 1 is 1.07 bits per heavy atom. The predicted molar refractivity (Wildman–Crippen MR) is 124 cm³/mol. The molecular weight excluding hydrogens is 410 g/mol. The number of thiazole rings is 1. The number of rotatable bonds is 9. The number of likely N-dealkylation sites (N-methyl/N-ethyl adjacent to an activating group) is 1. The van der Waals surface area contributed by atoms with Crippen molar-refractivity contribution in [3.8, 4) is 0 Å². The predicted octanol–water partition coefficient (Wildman–Crippen LogP) is 5.26. The third-order valence-electron chi connectivity index (χ3n) is 4.84. The Balaban J connectivity index is 0.00000280. The van der Waals surface area contributed by atoms with Crippen molar-refractivity contribution < 1.29 is 4.79 Å². The number of nitrogens with zero attached hydrogens (tertiary/aromatic N) is 3. The summed E-state index contributed by atoms with van der Waals surface area (Å²) in [7, 11) is 0. The highest BCUT2D eigenvalue weighted by Gasteiger charge is 2.21. The third-order valence-corrected chi connectivity index (χ3v) is 6.76. The van der Waals surface area contributed by atoms with Crippen LogP contribution in [0.15, 0.2) is 35.7 Å². The lowest BCUT2D eigenvalue weighted by Gasteiger charge is -2.24. The van der Waals surface area contributed by atoms with E-state index in [1.54, 1.807) is 22.7 Å². The number of aromatic nitrogens is 1. The molecule has 0 radical (unpaired) electrons. The van der Waals surface area contributed by atoms with Gasteiger partial charge < -0.3 is 4.90 Å². The van der Waals surface area contributed by atoms with Crippen molar-refractivity contribution in [2.24, 2.45) is 0 Å². The maximum atomic E-state index is 13.1. The maximum Gasteiger partial charge on any atom is 0.234 e. The van der Waals surface area contributed by atoms with E-state index in [2.05, 4.69) is 43.9 Å². The van der Waals surface area contributed by atoms with Crippen LogP contribution in [0.4, 0.5) is 5.13 Å². The number of hydrogen-bond donors (Lipinski definition) is 0. The van der Waals surface area contributed by atoms with Crippen LogP contribution in [-0.2, 0) is 17.6 Å². The Morgan fingerprint density at radius 2 is 1.86 bits per heavy atom. The minimum absolute atomic E-state index is 0. The highest BCUT2D eigenvalue weighted by molar-refractivity contribution is 7.22. The van der Waals surface area contributed by atoms with Gasteiger partial charge in [-0.3, -0.25) is 9.69 Å². The minimum atomic E-state index is 0. The molecule has 1 amide bonds. The summed E-state index contributed by atoms with van der Waals surface area (Å²) in [5.41, 5.74) is 2.28. The van der Waals surface area contributed by atoms with Crippen LogP contribution in [0.3, 0.4) is 0 Å². The number of anilines is 1. The molecule has 3 aromatic rings. The summed E-state index contributed by atoms with van der Waals surface area (Å²) in [6, 6.07) is 10.3. The molecule has 1 aromatic carbocycles. The fraction of sp³-hybridized carbons (Fsp3) is 0.429. The van der Waals surface area contributed by atoms with E-state index in [1.807, 2.05) is 22.4 Å².